The van der Waals surface area contributed by atoms with Gasteiger partial charge < -0.3 is 10.1 Å². The molecule has 2 heterocycles. The molecule has 0 radical (unpaired) electrons. The molecule has 180 valence electrons. The lowest BCUT2D eigenvalue weighted by Crippen LogP contribution is -2.29. The van der Waals surface area contributed by atoms with Crippen molar-refractivity contribution in [3.8, 4) is 11.4 Å². The van der Waals surface area contributed by atoms with E-state index in [1.54, 1.807) is 19.2 Å². The van der Waals surface area contributed by atoms with Gasteiger partial charge in [0.05, 0.1) is 24.5 Å². The van der Waals surface area contributed by atoms with Crippen LogP contribution in [0, 0.1) is 10.1 Å². The van der Waals surface area contributed by atoms with E-state index < -0.39 is 11.0 Å². The van der Waals surface area contributed by atoms with E-state index in [2.05, 4.69) is 15.5 Å². The largest absolute Gasteiger partial charge is 0.497 e. The number of non-ortho nitro benzene ring substituents is 1. The van der Waals surface area contributed by atoms with Crippen LogP contribution in [0.25, 0.3) is 5.69 Å². The Kier molecular flexibility index (Phi) is 7.78. The van der Waals surface area contributed by atoms with Gasteiger partial charge >= 0.3 is 0 Å². The van der Waals surface area contributed by atoms with E-state index in [0.29, 0.717) is 22.4 Å². The van der Waals surface area contributed by atoms with E-state index in [-0.39, 0.29) is 18.0 Å². The Morgan fingerprint density at radius 3 is 2.69 bits per heavy atom. The zero-order valence-corrected chi connectivity index (χ0v) is 20.7. The number of hydrogen-bond acceptors (Lipinski definition) is 8. The standard InChI is InChI=1S/C24H23N5O4S2/c1-16(25-22(30)14-21-7-4-12-34-21)23-26-27-24(35-15-17-5-3-6-20(13-17)33-2)28(23)18-8-10-19(11-9-18)29(31)32/h3-13,16H,14-15H2,1-2H3,(H,25,30). The van der Waals surface area contributed by atoms with Gasteiger partial charge in [-0.1, -0.05) is 30.0 Å². The van der Waals surface area contributed by atoms with Crippen LogP contribution in [-0.2, 0) is 17.0 Å². The second kappa shape index (κ2) is 11.2. The van der Waals surface area contributed by atoms with Crippen molar-refractivity contribution in [2.75, 3.05) is 7.11 Å². The SMILES string of the molecule is COc1cccc(CSc2nnc(C(C)NC(=O)Cc3cccs3)n2-c2ccc([N+](=O)[O-])cc2)c1. The van der Waals surface area contributed by atoms with Crippen LogP contribution in [0.15, 0.2) is 71.2 Å². The number of thiophene rings is 1. The zero-order chi connectivity index (χ0) is 24.8. The molecule has 2 aromatic carbocycles. The van der Waals surface area contributed by atoms with E-state index in [1.807, 2.05) is 53.3 Å². The van der Waals surface area contributed by atoms with Crippen LogP contribution >= 0.6 is 23.1 Å². The summed E-state index contributed by atoms with van der Waals surface area (Å²) in [4.78, 5) is 24.2. The fourth-order valence-corrected chi connectivity index (χ4v) is 5.07. The van der Waals surface area contributed by atoms with Crippen molar-refractivity contribution in [3.63, 3.8) is 0 Å². The second-order valence-corrected chi connectivity index (χ2v) is 9.61. The number of nitro groups is 1. The van der Waals surface area contributed by atoms with Gasteiger partial charge in [0, 0.05) is 28.5 Å². The van der Waals surface area contributed by atoms with Crippen molar-refractivity contribution in [2.24, 2.45) is 0 Å². The van der Waals surface area contributed by atoms with Crippen LogP contribution < -0.4 is 10.1 Å². The monoisotopic (exact) mass is 509 g/mol. The summed E-state index contributed by atoms with van der Waals surface area (Å²) >= 11 is 3.00. The van der Waals surface area contributed by atoms with Gasteiger partial charge in [-0.05, 0) is 48.2 Å². The summed E-state index contributed by atoms with van der Waals surface area (Å²) in [7, 11) is 1.62. The highest BCUT2D eigenvalue weighted by Crippen LogP contribution is 2.29. The summed E-state index contributed by atoms with van der Waals surface area (Å²) in [5.74, 6) is 1.79. The molecule has 0 saturated heterocycles. The predicted octanol–water partition coefficient (Wildman–Crippen LogP) is 4.96. The Labute approximate surface area is 210 Å². The van der Waals surface area contributed by atoms with E-state index in [4.69, 9.17) is 4.74 Å². The highest BCUT2D eigenvalue weighted by molar-refractivity contribution is 7.98. The number of carbonyl (C=O) groups excluding carboxylic acids is 1. The number of carbonyl (C=O) groups is 1. The maximum Gasteiger partial charge on any atom is 0.269 e. The number of nitro benzene ring substituents is 1. The van der Waals surface area contributed by atoms with Crippen molar-refractivity contribution < 1.29 is 14.5 Å². The number of rotatable bonds is 10. The first kappa shape index (κ1) is 24.4. The Balaban J connectivity index is 1.60. The fourth-order valence-electron chi connectivity index (χ4n) is 3.46. The third-order valence-corrected chi connectivity index (χ3v) is 7.04. The average molecular weight is 510 g/mol. The third kappa shape index (κ3) is 6.06. The van der Waals surface area contributed by atoms with Crippen molar-refractivity contribution in [3.05, 3.63) is 92.4 Å². The lowest BCUT2D eigenvalue weighted by Gasteiger charge is -2.16. The topological polar surface area (TPSA) is 112 Å². The summed E-state index contributed by atoms with van der Waals surface area (Å²) in [6, 6.07) is 17.3. The molecular weight excluding hydrogens is 486 g/mol. The number of aromatic nitrogens is 3. The highest BCUT2D eigenvalue weighted by atomic mass is 32.2. The third-order valence-electron chi connectivity index (χ3n) is 5.16. The van der Waals surface area contributed by atoms with Crippen LogP contribution in [-0.4, -0.2) is 32.7 Å². The van der Waals surface area contributed by atoms with Gasteiger partial charge in [0.1, 0.15) is 5.75 Å². The summed E-state index contributed by atoms with van der Waals surface area (Å²) in [6.07, 6.45) is 0.283. The van der Waals surface area contributed by atoms with Gasteiger partial charge in [-0.25, -0.2) is 0 Å². The normalized spacial score (nSPS) is 11.7. The van der Waals surface area contributed by atoms with Crippen LogP contribution in [0.2, 0.25) is 0 Å². The summed E-state index contributed by atoms with van der Waals surface area (Å²) in [5, 5.41) is 25.4. The highest BCUT2D eigenvalue weighted by Gasteiger charge is 2.22. The quantitative estimate of drug-likeness (QED) is 0.183. The number of amides is 1. The number of methoxy groups -OCH3 is 1. The number of ether oxygens (including phenoxy) is 1. The fraction of sp³-hybridized carbons (Fsp3) is 0.208. The van der Waals surface area contributed by atoms with E-state index in [9.17, 15) is 14.9 Å². The molecule has 9 nitrogen and oxygen atoms in total. The molecular formula is C24H23N5O4S2. The van der Waals surface area contributed by atoms with Crippen LogP contribution in [0.1, 0.15) is 29.2 Å². The first-order chi connectivity index (χ1) is 16.9. The number of nitrogens with zero attached hydrogens (tertiary/aromatic N) is 4. The Morgan fingerprint density at radius 2 is 2.00 bits per heavy atom. The van der Waals surface area contributed by atoms with Gasteiger partial charge in [0.25, 0.3) is 5.69 Å². The molecule has 4 rings (SSSR count). The summed E-state index contributed by atoms with van der Waals surface area (Å²) in [5.41, 5.74) is 1.71. The van der Waals surface area contributed by atoms with Gasteiger partial charge in [-0.15, -0.1) is 21.5 Å². The molecule has 35 heavy (non-hydrogen) atoms. The van der Waals surface area contributed by atoms with E-state index >= 15 is 0 Å². The summed E-state index contributed by atoms with van der Waals surface area (Å²) < 4.78 is 7.13. The molecule has 1 N–H and O–H groups in total. The minimum absolute atomic E-state index is 0.00810. The number of hydrogen-bond donors (Lipinski definition) is 1. The van der Waals surface area contributed by atoms with Crippen molar-refractivity contribution in [2.45, 2.75) is 30.3 Å². The van der Waals surface area contributed by atoms with E-state index in [1.165, 1.54) is 35.2 Å². The molecule has 0 aliphatic heterocycles. The van der Waals surface area contributed by atoms with Crippen molar-refractivity contribution in [1.82, 2.24) is 20.1 Å². The minimum atomic E-state index is -0.442. The molecule has 1 amide bonds. The number of nitrogens with one attached hydrogen (secondary N) is 1. The van der Waals surface area contributed by atoms with Crippen LogP contribution in [0.3, 0.4) is 0 Å². The average Bonchev–Trinajstić information content (AvgIpc) is 3.52. The lowest BCUT2D eigenvalue weighted by molar-refractivity contribution is -0.384. The Bertz CT molecular complexity index is 1310. The zero-order valence-electron chi connectivity index (χ0n) is 19.1. The van der Waals surface area contributed by atoms with Gasteiger partial charge in [-0.2, -0.15) is 0 Å². The van der Waals surface area contributed by atoms with Crippen LogP contribution in [0.4, 0.5) is 5.69 Å². The van der Waals surface area contributed by atoms with Crippen LogP contribution in [0.5, 0.6) is 5.75 Å². The molecule has 0 saturated carbocycles. The smallest absolute Gasteiger partial charge is 0.269 e. The van der Waals surface area contributed by atoms with Gasteiger partial charge in [0.15, 0.2) is 11.0 Å². The van der Waals surface area contributed by atoms with Gasteiger partial charge in [-0.3, -0.25) is 19.5 Å². The van der Waals surface area contributed by atoms with E-state index in [0.717, 1.165) is 16.2 Å². The molecule has 0 aliphatic rings. The minimum Gasteiger partial charge on any atom is -0.497 e. The number of thioether (sulfide) groups is 1. The molecule has 1 unspecified atom stereocenters. The second-order valence-electron chi connectivity index (χ2n) is 7.64. The number of benzene rings is 2. The molecule has 11 heteroatoms. The lowest BCUT2D eigenvalue weighted by atomic mass is 10.2. The maximum atomic E-state index is 12.6. The Hall–Kier alpha value is -3.70. The van der Waals surface area contributed by atoms with Crippen molar-refractivity contribution >= 4 is 34.7 Å². The first-order valence-electron chi connectivity index (χ1n) is 10.7. The predicted molar refractivity (Wildman–Crippen MR) is 135 cm³/mol. The molecule has 4 aromatic rings. The molecule has 1 atom stereocenters. The molecule has 0 aliphatic carbocycles. The molecule has 0 spiro atoms. The first-order valence-corrected chi connectivity index (χ1v) is 12.6. The molecule has 0 bridgehead atoms. The summed E-state index contributed by atoms with van der Waals surface area (Å²) in [6.45, 7) is 1.84. The maximum absolute atomic E-state index is 12.6. The Morgan fingerprint density at radius 1 is 1.20 bits per heavy atom. The molecule has 2 aromatic heterocycles. The van der Waals surface area contributed by atoms with Gasteiger partial charge in [0.2, 0.25) is 5.91 Å². The molecule has 0 fully saturated rings. The van der Waals surface area contributed by atoms with Crippen molar-refractivity contribution in [1.29, 1.82) is 0 Å².